The quantitative estimate of drug-likeness (QED) is 0.748. The Kier molecular flexibility index (Phi) is 4.30. The van der Waals surface area contributed by atoms with Crippen molar-refractivity contribution in [3.8, 4) is 0 Å². The van der Waals surface area contributed by atoms with Gasteiger partial charge in [0, 0.05) is 26.0 Å². The number of carbonyl (C=O) groups excluding carboxylic acids is 1. The molecule has 0 bridgehead atoms. The van der Waals surface area contributed by atoms with Crippen molar-refractivity contribution in [2.75, 3.05) is 13.6 Å². The molecule has 5 heteroatoms. The molecule has 0 fully saturated rings. The first-order valence-corrected chi connectivity index (χ1v) is 5.13. The van der Waals surface area contributed by atoms with Gasteiger partial charge in [-0.1, -0.05) is 6.92 Å². The number of nitrogens with zero attached hydrogens (tertiary/aromatic N) is 3. The van der Waals surface area contributed by atoms with Gasteiger partial charge in [-0.3, -0.25) is 9.48 Å². The Balaban J connectivity index is 2.35. The minimum Gasteiger partial charge on any atom is -0.343 e. The van der Waals surface area contributed by atoms with Crippen LogP contribution in [0.3, 0.4) is 0 Å². The number of nitrogens with two attached hydrogens (primary N) is 1. The third-order valence-electron chi connectivity index (χ3n) is 2.36. The zero-order chi connectivity index (χ0) is 11.3. The van der Waals surface area contributed by atoms with Gasteiger partial charge in [0.2, 0.25) is 5.91 Å². The highest BCUT2D eigenvalue weighted by Crippen LogP contribution is 1.95. The van der Waals surface area contributed by atoms with Crippen LogP contribution in [0.15, 0.2) is 18.5 Å². The van der Waals surface area contributed by atoms with Crippen LogP contribution in [-0.2, 0) is 11.3 Å². The van der Waals surface area contributed by atoms with Crippen LogP contribution < -0.4 is 5.73 Å². The summed E-state index contributed by atoms with van der Waals surface area (Å²) in [6.45, 7) is 3.24. The first-order valence-electron chi connectivity index (χ1n) is 5.13. The fourth-order valence-corrected chi connectivity index (χ4v) is 1.25. The van der Waals surface area contributed by atoms with E-state index in [0.29, 0.717) is 19.5 Å². The number of amides is 1. The van der Waals surface area contributed by atoms with Crippen molar-refractivity contribution in [1.29, 1.82) is 0 Å². The van der Waals surface area contributed by atoms with Gasteiger partial charge < -0.3 is 10.6 Å². The van der Waals surface area contributed by atoms with E-state index in [1.165, 1.54) is 0 Å². The molecule has 0 aromatic carbocycles. The average molecular weight is 210 g/mol. The van der Waals surface area contributed by atoms with E-state index in [1.54, 1.807) is 22.8 Å². The van der Waals surface area contributed by atoms with Crippen molar-refractivity contribution >= 4 is 5.91 Å². The van der Waals surface area contributed by atoms with Gasteiger partial charge in [0.1, 0.15) is 0 Å². The summed E-state index contributed by atoms with van der Waals surface area (Å²) in [6, 6.07) is 1.48. The van der Waals surface area contributed by atoms with Crippen molar-refractivity contribution in [1.82, 2.24) is 14.7 Å². The highest BCUT2D eigenvalue weighted by atomic mass is 16.2. The number of carbonyl (C=O) groups is 1. The minimum atomic E-state index is -0.382. The molecule has 84 valence electrons. The molecule has 15 heavy (non-hydrogen) atoms. The van der Waals surface area contributed by atoms with E-state index in [0.717, 1.165) is 0 Å². The molecule has 0 aliphatic rings. The molecule has 0 saturated heterocycles. The molecule has 1 aromatic rings. The molecule has 0 aliphatic carbocycles. The van der Waals surface area contributed by atoms with Gasteiger partial charge in [-0.2, -0.15) is 5.10 Å². The summed E-state index contributed by atoms with van der Waals surface area (Å²) in [5.74, 6) is -0.00958. The van der Waals surface area contributed by atoms with E-state index in [1.807, 2.05) is 19.2 Å². The predicted octanol–water partition coefficient (Wildman–Crippen LogP) is 0.0788. The van der Waals surface area contributed by atoms with Crippen LogP contribution in [0.25, 0.3) is 0 Å². The normalized spacial score (nSPS) is 12.5. The van der Waals surface area contributed by atoms with Crippen LogP contribution in [0.1, 0.15) is 13.3 Å². The number of hydrogen-bond donors (Lipinski definition) is 1. The third-order valence-corrected chi connectivity index (χ3v) is 2.36. The molecular weight excluding hydrogens is 192 g/mol. The summed E-state index contributed by atoms with van der Waals surface area (Å²) in [5.41, 5.74) is 5.65. The lowest BCUT2D eigenvalue weighted by Crippen LogP contribution is -2.42. The van der Waals surface area contributed by atoms with Gasteiger partial charge in [0.25, 0.3) is 0 Å². The third kappa shape index (κ3) is 3.36. The number of rotatable bonds is 5. The Morgan fingerprint density at radius 2 is 2.40 bits per heavy atom. The number of likely N-dealkylation sites (N-methyl/N-ethyl adjacent to an activating group) is 1. The molecular formula is C10H18N4O. The molecule has 0 saturated carbocycles. The van der Waals surface area contributed by atoms with E-state index in [9.17, 15) is 4.79 Å². The van der Waals surface area contributed by atoms with Crippen LogP contribution in [0, 0.1) is 0 Å². The first kappa shape index (κ1) is 11.7. The molecule has 2 N–H and O–H groups in total. The molecule has 1 heterocycles. The summed E-state index contributed by atoms with van der Waals surface area (Å²) >= 11 is 0. The van der Waals surface area contributed by atoms with Crippen molar-refractivity contribution < 1.29 is 4.79 Å². The lowest BCUT2D eigenvalue weighted by atomic mass is 10.2. The predicted molar refractivity (Wildman–Crippen MR) is 58.1 cm³/mol. The Hall–Kier alpha value is -1.36. The molecule has 0 spiro atoms. The van der Waals surface area contributed by atoms with Crippen LogP contribution in [0.4, 0.5) is 0 Å². The minimum absolute atomic E-state index is 0.00958. The van der Waals surface area contributed by atoms with Crippen LogP contribution in [-0.4, -0.2) is 40.2 Å². The highest BCUT2D eigenvalue weighted by molar-refractivity contribution is 5.81. The van der Waals surface area contributed by atoms with Crippen molar-refractivity contribution in [3.05, 3.63) is 18.5 Å². The number of hydrogen-bond acceptors (Lipinski definition) is 3. The molecule has 5 nitrogen and oxygen atoms in total. The fourth-order valence-electron chi connectivity index (χ4n) is 1.25. The van der Waals surface area contributed by atoms with Crippen molar-refractivity contribution in [2.24, 2.45) is 5.73 Å². The van der Waals surface area contributed by atoms with Gasteiger partial charge >= 0.3 is 0 Å². The SMILES string of the molecule is CC[C@H](N)C(=O)N(C)CCn1cccn1. The monoisotopic (exact) mass is 210 g/mol. The maximum Gasteiger partial charge on any atom is 0.239 e. The lowest BCUT2D eigenvalue weighted by Gasteiger charge is -2.20. The first-order chi connectivity index (χ1) is 7.15. The van der Waals surface area contributed by atoms with Crippen molar-refractivity contribution in [3.63, 3.8) is 0 Å². The maximum atomic E-state index is 11.6. The van der Waals surface area contributed by atoms with Crippen LogP contribution >= 0.6 is 0 Å². The molecule has 0 radical (unpaired) electrons. The summed E-state index contributed by atoms with van der Waals surface area (Å²) < 4.78 is 1.79. The van der Waals surface area contributed by atoms with Gasteiger partial charge in [-0.05, 0) is 12.5 Å². The summed E-state index contributed by atoms with van der Waals surface area (Å²) in [4.78, 5) is 13.3. The Labute approximate surface area is 89.9 Å². The van der Waals surface area contributed by atoms with Crippen LogP contribution in [0.5, 0.6) is 0 Å². The topological polar surface area (TPSA) is 64.2 Å². The maximum absolute atomic E-state index is 11.6. The second-order valence-corrected chi connectivity index (χ2v) is 3.54. The Morgan fingerprint density at radius 1 is 1.67 bits per heavy atom. The van der Waals surface area contributed by atoms with E-state index < -0.39 is 0 Å². The summed E-state index contributed by atoms with van der Waals surface area (Å²) in [5, 5.41) is 4.06. The smallest absolute Gasteiger partial charge is 0.239 e. The zero-order valence-corrected chi connectivity index (χ0v) is 9.26. The van der Waals surface area contributed by atoms with Gasteiger partial charge in [0.05, 0.1) is 12.6 Å². The summed E-state index contributed by atoms with van der Waals surface area (Å²) in [6.07, 6.45) is 4.27. The second-order valence-electron chi connectivity index (χ2n) is 3.54. The van der Waals surface area contributed by atoms with E-state index in [-0.39, 0.29) is 11.9 Å². The van der Waals surface area contributed by atoms with Gasteiger partial charge in [-0.25, -0.2) is 0 Å². The Bertz CT molecular complexity index is 296. The van der Waals surface area contributed by atoms with Crippen LogP contribution in [0.2, 0.25) is 0 Å². The van der Waals surface area contributed by atoms with Crippen molar-refractivity contribution in [2.45, 2.75) is 25.9 Å². The molecule has 1 aromatic heterocycles. The standard InChI is InChI=1S/C10H18N4O/c1-3-9(11)10(15)13(2)7-8-14-6-4-5-12-14/h4-6,9H,3,7-8,11H2,1-2H3/t9-/m0/s1. The van der Waals surface area contributed by atoms with E-state index >= 15 is 0 Å². The molecule has 1 rings (SSSR count). The molecule has 0 aliphatic heterocycles. The Morgan fingerprint density at radius 3 is 2.93 bits per heavy atom. The van der Waals surface area contributed by atoms with E-state index in [2.05, 4.69) is 5.10 Å². The van der Waals surface area contributed by atoms with Gasteiger partial charge in [-0.15, -0.1) is 0 Å². The average Bonchev–Trinajstić information content (AvgIpc) is 2.76. The highest BCUT2D eigenvalue weighted by Gasteiger charge is 2.15. The molecule has 0 unspecified atom stereocenters. The number of aromatic nitrogens is 2. The fraction of sp³-hybridized carbons (Fsp3) is 0.600. The largest absolute Gasteiger partial charge is 0.343 e. The summed E-state index contributed by atoms with van der Waals surface area (Å²) in [7, 11) is 1.77. The molecule has 1 amide bonds. The van der Waals surface area contributed by atoms with E-state index in [4.69, 9.17) is 5.73 Å². The lowest BCUT2D eigenvalue weighted by molar-refractivity contribution is -0.131. The second kappa shape index (κ2) is 5.50. The van der Waals surface area contributed by atoms with Gasteiger partial charge in [0.15, 0.2) is 0 Å². The zero-order valence-electron chi connectivity index (χ0n) is 9.26. The molecule has 1 atom stereocenters.